The molecule has 0 aromatic heterocycles. The second-order valence-electron chi connectivity index (χ2n) is 3.91. The molecular weight excluding hydrogens is 180 g/mol. The molecule has 3 unspecified atom stereocenters. The third kappa shape index (κ3) is 2.79. The zero-order valence-electron chi connectivity index (χ0n) is 9.29. The third-order valence-electron chi connectivity index (χ3n) is 2.72. The molecule has 0 N–H and O–H groups in total. The molecule has 82 valence electrons. The molecule has 1 rings (SSSR count). The average Bonchev–Trinajstić information content (AvgIpc) is 2.18. The van der Waals surface area contributed by atoms with Gasteiger partial charge in [-0.15, -0.1) is 0 Å². The van der Waals surface area contributed by atoms with Gasteiger partial charge in [0.15, 0.2) is 5.78 Å². The molecule has 0 aliphatic carbocycles. The summed E-state index contributed by atoms with van der Waals surface area (Å²) in [5.41, 5.74) is 0. The second kappa shape index (κ2) is 5.47. The van der Waals surface area contributed by atoms with Gasteiger partial charge in [-0.25, -0.2) is 0 Å². The summed E-state index contributed by atoms with van der Waals surface area (Å²) in [7, 11) is 0. The quantitative estimate of drug-likeness (QED) is 0.697. The highest BCUT2D eigenvalue weighted by Crippen LogP contribution is 2.25. The Morgan fingerprint density at radius 3 is 2.64 bits per heavy atom. The zero-order valence-corrected chi connectivity index (χ0v) is 9.29. The number of hydrogen-bond donors (Lipinski definition) is 0. The van der Waals surface area contributed by atoms with Crippen LogP contribution in [0.3, 0.4) is 0 Å². The predicted molar refractivity (Wildman–Crippen MR) is 54.0 cm³/mol. The van der Waals surface area contributed by atoms with Crippen molar-refractivity contribution in [2.45, 2.75) is 52.4 Å². The highest BCUT2D eigenvalue weighted by atomic mass is 16.7. The Morgan fingerprint density at radius 2 is 2.14 bits per heavy atom. The van der Waals surface area contributed by atoms with Crippen LogP contribution in [0.15, 0.2) is 0 Å². The van der Waals surface area contributed by atoms with Crippen LogP contribution in [-0.4, -0.2) is 24.8 Å². The first-order chi connectivity index (χ1) is 6.69. The lowest BCUT2D eigenvalue weighted by Crippen LogP contribution is -2.42. The Kier molecular flexibility index (Phi) is 4.55. The monoisotopic (exact) mass is 200 g/mol. The fourth-order valence-corrected chi connectivity index (χ4v) is 1.81. The van der Waals surface area contributed by atoms with Crippen molar-refractivity contribution in [3.8, 4) is 0 Å². The lowest BCUT2D eigenvalue weighted by Gasteiger charge is -2.35. The summed E-state index contributed by atoms with van der Waals surface area (Å²) in [6.07, 6.45) is 2.74. The minimum absolute atomic E-state index is 0.0272. The molecule has 3 nitrogen and oxygen atoms in total. The van der Waals surface area contributed by atoms with Gasteiger partial charge in [-0.3, -0.25) is 4.79 Å². The van der Waals surface area contributed by atoms with Crippen molar-refractivity contribution in [3.05, 3.63) is 0 Å². The van der Waals surface area contributed by atoms with E-state index >= 15 is 0 Å². The van der Waals surface area contributed by atoms with E-state index in [9.17, 15) is 4.79 Å². The number of ether oxygens (including phenoxy) is 2. The van der Waals surface area contributed by atoms with E-state index in [2.05, 4.69) is 13.8 Å². The second-order valence-corrected chi connectivity index (χ2v) is 3.91. The summed E-state index contributed by atoms with van der Waals surface area (Å²) in [6, 6.07) is 0. The van der Waals surface area contributed by atoms with Gasteiger partial charge in [0.2, 0.25) is 6.29 Å². The largest absolute Gasteiger partial charge is 0.346 e. The van der Waals surface area contributed by atoms with E-state index in [0.29, 0.717) is 12.5 Å². The average molecular weight is 200 g/mol. The number of Topliss-reactive ketones (excluding diaryl/α,β-unsaturated/α-hetero) is 1. The molecule has 3 heteroatoms. The Hall–Kier alpha value is -0.410. The molecule has 1 fully saturated rings. The molecule has 0 amide bonds. The number of carbonyl (C=O) groups excluding carboxylic acids is 1. The van der Waals surface area contributed by atoms with Crippen LogP contribution < -0.4 is 0 Å². The molecule has 0 bridgehead atoms. The van der Waals surface area contributed by atoms with Crippen molar-refractivity contribution in [1.82, 2.24) is 0 Å². The van der Waals surface area contributed by atoms with Gasteiger partial charge < -0.3 is 9.47 Å². The van der Waals surface area contributed by atoms with Gasteiger partial charge in [0, 0.05) is 5.92 Å². The molecule has 0 aromatic rings. The maximum atomic E-state index is 11.1. The van der Waals surface area contributed by atoms with E-state index < -0.39 is 6.29 Å². The number of hydrogen-bond acceptors (Lipinski definition) is 3. The minimum atomic E-state index is -0.616. The van der Waals surface area contributed by atoms with Crippen LogP contribution in [0.5, 0.6) is 0 Å². The van der Waals surface area contributed by atoms with Crippen molar-refractivity contribution in [3.63, 3.8) is 0 Å². The van der Waals surface area contributed by atoms with Gasteiger partial charge in [0.05, 0.1) is 12.7 Å². The highest BCUT2D eigenvalue weighted by Gasteiger charge is 2.32. The van der Waals surface area contributed by atoms with E-state index in [1.807, 2.05) is 0 Å². The van der Waals surface area contributed by atoms with Gasteiger partial charge in [-0.1, -0.05) is 20.3 Å². The van der Waals surface area contributed by atoms with Crippen molar-refractivity contribution in [2.75, 3.05) is 6.61 Å². The van der Waals surface area contributed by atoms with Gasteiger partial charge in [-0.2, -0.15) is 0 Å². The van der Waals surface area contributed by atoms with E-state index in [4.69, 9.17) is 9.47 Å². The van der Waals surface area contributed by atoms with E-state index in [1.165, 1.54) is 6.92 Å². The predicted octanol–water partition coefficient (Wildman–Crippen LogP) is 2.14. The Bertz CT molecular complexity index is 191. The summed E-state index contributed by atoms with van der Waals surface area (Å²) in [4.78, 5) is 11.1. The summed E-state index contributed by atoms with van der Waals surface area (Å²) in [6.45, 7) is 6.44. The Balaban J connectivity index is 2.52. The first-order valence-electron chi connectivity index (χ1n) is 5.46. The van der Waals surface area contributed by atoms with Crippen molar-refractivity contribution in [2.24, 2.45) is 5.92 Å². The fourth-order valence-electron chi connectivity index (χ4n) is 1.81. The first-order valence-corrected chi connectivity index (χ1v) is 5.46. The molecule has 0 aromatic carbocycles. The lowest BCUT2D eigenvalue weighted by atomic mass is 9.95. The standard InChI is InChI=1S/C11H20O3/c1-4-6-10-9(5-2)7-13-11(14-10)8(3)12/h9-11H,4-7H2,1-3H3. The fraction of sp³-hybridized carbons (Fsp3) is 0.909. The maximum Gasteiger partial charge on any atom is 0.217 e. The molecular formula is C11H20O3. The van der Waals surface area contributed by atoms with Gasteiger partial charge >= 0.3 is 0 Å². The summed E-state index contributed by atoms with van der Waals surface area (Å²) >= 11 is 0. The number of rotatable bonds is 4. The van der Waals surface area contributed by atoms with Gasteiger partial charge in [0.1, 0.15) is 0 Å². The summed E-state index contributed by atoms with van der Waals surface area (Å²) in [5, 5.41) is 0. The van der Waals surface area contributed by atoms with E-state index in [1.54, 1.807) is 0 Å². The van der Waals surface area contributed by atoms with Gasteiger partial charge in [-0.05, 0) is 19.8 Å². The molecule has 0 saturated carbocycles. The van der Waals surface area contributed by atoms with Crippen LogP contribution in [0.25, 0.3) is 0 Å². The molecule has 1 saturated heterocycles. The summed E-state index contributed by atoms with van der Waals surface area (Å²) < 4.78 is 11.0. The number of ketones is 1. The maximum absolute atomic E-state index is 11.1. The molecule has 1 heterocycles. The topological polar surface area (TPSA) is 35.5 Å². The van der Waals surface area contributed by atoms with Crippen LogP contribution in [0, 0.1) is 5.92 Å². The Morgan fingerprint density at radius 1 is 1.43 bits per heavy atom. The van der Waals surface area contributed by atoms with E-state index in [-0.39, 0.29) is 11.9 Å². The zero-order chi connectivity index (χ0) is 10.6. The summed E-state index contributed by atoms with van der Waals surface area (Å²) in [5.74, 6) is 0.422. The van der Waals surface area contributed by atoms with Crippen LogP contribution >= 0.6 is 0 Å². The minimum Gasteiger partial charge on any atom is -0.346 e. The first kappa shape index (κ1) is 11.7. The molecule has 1 aliphatic heterocycles. The van der Waals surface area contributed by atoms with Crippen LogP contribution in [0.1, 0.15) is 40.0 Å². The molecule has 14 heavy (non-hydrogen) atoms. The molecule has 3 atom stereocenters. The normalized spacial score (nSPS) is 32.9. The van der Waals surface area contributed by atoms with E-state index in [0.717, 1.165) is 19.3 Å². The molecule has 1 aliphatic rings. The lowest BCUT2D eigenvalue weighted by molar-refractivity contribution is -0.230. The van der Waals surface area contributed by atoms with Crippen LogP contribution in [-0.2, 0) is 14.3 Å². The smallest absolute Gasteiger partial charge is 0.217 e. The molecule has 0 radical (unpaired) electrons. The Labute approximate surface area is 85.8 Å². The van der Waals surface area contributed by atoms with Crippen molar-refractivity contribution >= 4 is 5.78 Å². The van der Waals surface area contributed by atoms with Crippen molar-refractivity contribution in [1.29, 1.82) is 0 Å². The third-order valence-corrected chi connectivity index (χ3v) is 2.72. The SMILES string of the molecule is CCCC1OC(C(C)=O)OCC1CC. The highest BCUT2D eigenvalue weighted by molar-refractivity contribution is 5.79. The van der Waals surface area contributed by atoms with Crippen LogP contribution in [0.4, 0.5) is 0 Å². The van der Waals surface area contributed by atoms with Gasteiger partial charge in [0.25, 0.3) is 0 Å². The van der Waals surface area contributed by atoms with Crippen LogP contribution in [0.2, 0.25) is 0 Å². The number of carbonyl (C=O) groups is 1. The molecule has 0 spiro atoms. The van der Waals surface area contributed by atoms with Crippen molar-refractivity contribution < 1.29 is 14.3 Å².